The van der Waals surface area contributed by atoms with Crippen molar-refractivity contribution >= 4 is 27.3 Å². The van der Waals surface area contributed by atoms with Crippen LogP contribution < -0.4 is 10.0 Å². The van der Waals surface area contributed by atoms with Gasteiger partial charge in [0, 0.05) is 12.1 Å². The number of hydrogen-bond donors (Lipinski definition) is 2. The van der Waals surface area contributed by atoms with Crippen molar-refractivity contribution in [3.05, 3.63) is 53.2 Å². The van der Waals surface area contributed by atoms with Crippen molar-refractivity contribution in [3.63, 3.8) is 0 Å². The predicted molar refractivity (Wildman–Crippen MR) is 91.5 cm³/mol. The van der Waals surface area contributed by atoms with Crippen LogP contribution in [-0.2, 0) is 21.4 Å². The van der Waals surface area contributed by atoms with Crippen LogP contribution in [0.3, 0.4) is 0 Å². The fourth-order valence-electron chi connectivity index (χ4n) is 2.07. The third kappa shape index (κ3) is 4.62. The minimum Gasteiger partial charge on any atom is -0.351 e. The maximum absolute atomic E-state index is 13.6. The van der Waals surface area contributed by atoms with Crippen LogP contribution in [0.25, 0.3) is 0 Å². The van der Waals surface area contributed by atoms with Gasteiger partial charge in [-0.2, -0.15) is 4.72 Å². The highest BCUT2D eigenvalue weighted by Crippen LogP contribution is 2.17. The fraction of sp³-hybridized carbons (Fsp3) is 0.312. The van der Waals surface area contributed by atoms with Gasteiger partial charge < -0.3 is 5.32 Å². The number of carbonyl (C=O) groups excluding carboxylic acids is 1. The number of halogens is 1. The Hall–Kier alpha value is -1.77. The van der Waals surface area contributed by atoms with Gasteiger partial charge in [-0.05, 0) is 23.4 Å². The fourth-order valence-corrected chi connectivity index (χ4v) is 4.42. The summed E-state index contributed by atoms with van der Waals surface area (Å²) < 4.78 is 40.8. The third-order valence-corrected chi connectivity index (χ3v) is 6.24. The average molecular weight is 370 g/mol. The molecule has 5 nitrogen and oxygen atoms in total. The van der Waals surface area contributed by atoms with Crippen molar-refractivity contribution in [1.29, 1.82) is 0 Å². The molecule has 2 aromatic rings. The molecule has 0 aliphatic rings. The summed E-state index contributed by atoms with van der Waals surface area (Å²) in [6.45, 7) is 3.48. The summed E-state index contributed by atoms with van der Waals surface area (Å²) in [5.41, 5.74) is 0.342. The van der Waals surface area contributed by atoms with Crippen molar-refractivity contribution in [2.24, 2.45) is 5.92 Å². The van der Waals surface area contributed by atoms with Crippen LogP contribution in [0.4, 0.5) is 4.39 Å². The molecule has 0 radical (unpaired) electrons. The van der Waals surface area contributed by atoms with Gasteiger partial charge in [-0.3, -0.25) is 4.79 Å². The van der Waals surface area contributed by atoms with E-state index in [4.69, 9.17) is 0 Å². The Kier molecular flexibility index (Phi) is 6.09. The van der Waals surface area contributed by atoms with E-state index in [9.17, 15) is 17.6 Å². The first kappa shape index (κ1) is 18.6. The molecular weight excluding hydrogens is 351 g/mol. The second-order valence-corrected chi connectivity index (χ2v) is 8.47. The summed E-state index contributed by atoms with van der Waals surface area (Å²) in [5.74, 6) is -1.17. The van der Waals surface area contributed by atoms with Crippen LogP contribution in [0.5, 0.6) is 0 Å². The number of hydrogen-bond acceptors (Lipinski definition) is 4. The molecule has 0 aliphatic heterocycles. The van der Waals surface area contributed by atoms with Crippen LogP contribution in [0.2, 0.25) is 0 Å². The van der Waals surface area contributed by atoms with Gasteiger partial charge in [0.25, 0.3) is 10.0 Å². The number of nitrogens with one attached hydrogen (secondary N) is 2. The first-order valence-corrected chi connectivity index (χ1v) is 9.74. The predicted octanol–water partition coefficient (Wildman–Crippen LogP) is 2.51. The Morgan fingerprint density at radius 2 is 1.92 bits per heavy atom. The summed E-state index contributed by atoms with van der Waals surface area (Å²) in [7, 11) is -3.76. The second-order valence-electron chi connectivity index (χ2n) is 5.58. The topological polar surface area (TPSA) is 75.3 Å². The average Bonchev–Trinajstić information content (AvgIpc) is 3.06. The van der Waals surface area contributed by atoms with E-state index in [-0.39, 0.29) is 16.7 Å². The van der Waals surface area contributed by atoms with Crippen molar-refractivity contribution < 1.29 is 17.6 Å². The highest BCUT2D eigenvalue weighted by atomic mass is 32.2. The van der Waals surface area contributed by atoms with Crippen LogP contribution in [0.1, 0.15) is 19.4 Å². The maximum Gasteiger partial charge on any atom is 0.250 e. The second kappa shape index (κ2) is 7.87. The third-order valence-electron chi connectivity index (χ3n) is 3.40. The highest BCUT2D eigenvalue weighted by Gasteiger charge is 2.28. The molecule has 1 aromatic heterocycles. The van der Waals surface area contributed by atoms with E-state index in [0.29, 0.717) is 5.56 Å². The molecule has 1 aromatic carbocycles. The van der Waals surface area contributed by atoms with E-state index >= 15 is 0 Å². The number of benzene rings is 1. The zero-order valence-corrected chi connectivity index (χ0v) is 15.0. The number of thiophene rings is 1. The molecule has 1 atom stereocenters. The van der Waals surface area contributed by atoms with Gasteiger partial charge >= 0.3 is 0 Å². The number of rotatable bonds is 7. The standard InChI is InChI=1S/C16H19FN2O3S2/c1-11(2)15(19-24(21,22)14-8-5-9-23-14)16(20)18-10-12-6-3-4-7-13(12)17/h3-9,11,15,19H,10H2,1-2H3,(H,18,20)/t15-/m1/s1. The number of carbonyl (C=O) groups is 1. The van der Waals surface area contributed by atoms with Gasteiger partial charge in [-0.25, -0.2) is 12.8 Å². The lowest BCUT2D eigenvalue weighted by molar-refractivity contribution is -0.123. The number of sulfonamides is 1. The summed E-state index contributed by atoms with van der Waals surface area (Å²) in [6.07, 6.45) is 0. The molecule has 0 aliphatic carbocycles. The highest BCUT2D eigenvalue weighted by molar-refractivity contribution is 7.91. The normalized spacial score (nSPS) is 13.0. The van der Waals surface area contributed by atoms with E-state index in [0.717, 1.165) is 11.3 Å². The van der Waals surface area contributed by atoms with Crippen molar-refractivity contribution in [2.75, 3.05) is 0 Å². The molecule has 2 N–H and O–H groups in total. The quantitative estimate of drug-likeness (QED) is 0.786. The Morgan fingerprint density at radius 3 is 2.50 bits per heavy atom. The van der Waals surface area contributed by atoms with Gasteiger partial charge in [-0.15, -0.1) is 11.3 Å². The summed E-state index contributed by atoms with van der Waals surface area (Å²) in [6, 6.07) is 8.26. The van der Waals surface area contributed by atoms with Gasteiger partial charge in [0.15, 0.2) is 0 Å². The molecule has 1 amide bonds. The lowest BCUT2D eigenvalue weighted by Gasteiger charge is -2.21. The molecule has 130 valence electrons. The Morgan fingerprint density at radius 1 is 1.21 bits per heavy atom. The van der Waals surface area contributed by atoms with Crippen LogP contribution in [0.15, 0.2) is 46.0 Å². The van der Waals surface area contributed by atoms with Gasteiger partial charge in [0.2, 0.25) is 5.91 Å². The summed E-state index contributed by atoms with van der Waals surface area (Å²) >= 11 is 1.08. The molecule has 0 fully saturated rings. The van der Waals surface area contributed by atoms with E-state index in [1.807, 2.05) is 0 Å². The Labute approximate surface area is 145 Å². The minimum atomic E-state index is -3.76. The van der Waals surface area contributed by atoms with E-state index < -0.39 is 27.8 Å². The molecule has 2 rings (SSSR count). The monoisotopic (exact) mass is 370 g/mol. The first-order valence-electron chi connectivity index (χ1n) is 7.38. The molecular formula is C16H19FN2O3S2. The van der Waals surface area contributed by atoms with E-state index in [1.54, 1.807) is 43.5 Å². The Balaban J connectivity index is 2.07. The van der Waals surface area contributed by atoms with Gasteiger partial charge in [-0.1, -0.05) is 38.1 Å². The van der Waals surface area contributed by atoms with Crippen LogP contribution in [0, 0.1) is 11.7 Å². The van der Waals surface area contributed by atoms with E-state index in [1.165, 1.54) is 12.1 Å². The zero-order chi connectivity index (χ0) is 17.7. The molecule has 8 heteroatoms. The first-order chi connectivity index (χ1) is 11.3. The van der Waals surface area contributed by atoms with Gasteiger partial charge in [0.05, 0.1) is 0 Å². The van der Waals surface area contributed by atoms with Crippen LogP contribution >= 0.6 is 11.3 Å². The number of amides is 1. The molecule has 24 heavy (non-hydrogen) atoms. The largest absolute Gasteiger partial charge is 0.351 e. The molecule has 1 heterocycles. The van der Waals surface area contributed by atoms with Crippen LogP contribution in [-0.4, -0.2) is 20.4 Å². The molecule has 0 spiro atoms. The Bertz CT molecular complexity index is 789. The van der Waals surface area contributed by atoms with Crippen molar-refractivity contribution in [3.8, 4) is 0 Å². The zero-order valence-electron chi connectivity index (χ0n) is 13.3. The molecule has 0 saturated heterocycles. The molecule has 0 unspecified atom stereocenters. The summed E-state index contributed by atoms with van der Waals surface area (Å²) in [4.78, 5) is 12.4. The lowest BCUT2D eigenvalue weighted by Crippen LogP contribution is -2.49. The lowest BCUT2D eigenvalue weighted by atomic mass is 10.0. The maximum atomic E-state index is 13.6. The van der Waals surface area contributed by atoms with E-state index in [2.05, 4.69) is 10.0 Å². The van der Waals surface area contributed by atoms with Gasteiger partial charge in [0.1, 0.15) is 16.1 Å². The smallest absolute Gasteiger partial charge is 0.250 e. The summed E-state index contributed by atoms with van der Waals surface area (Å²) in [5, 5.41) is 4.24. The molecule has 0 saturated carbocycles. The SMILES string of the molecule is CC(C)[C@@H](NS(=O)(=O)c1cccs1)C(=O)NCc1ccccc1F. The van der Waals surface area contributed by atoms with Crippen molar-refractivity contribution in [2.45, 2.75) is 30.6 Å². The minimum absolute atomic E-state index is 0.00451. The van der Waals surface area contributed by atoms with Crippen molar-refractivity contribution in [1.82, 2.24) is 10.0 Å². The molecule has 0 bridgehead atoms.